The second-order valence-corrected chi connectivity index (χ2v) is 10.7. The third-order valence-electron chi connectivity index (χ3n) is 4.66. The van der Waals surface area contributed by atoms with Gasteiger partial charge >= 0.3 is 0 Å². The maximum absolute atomic E-state index is 12.5. The zero-order valence-electron chi connectivity index (χ0n) is 13.6. The van der Waals surface area contributed by atoms with Crippen molar-refractivity contribution in [1.29, 1.82) is 0 Å². The summed E-state index contributed by atoms with van der Waals surface area (Å²) >= 11 is 0. The second kappa shape index (κ2) is 8.75. The SMILES string of the molecule is CC[P+]1(CC(=O)Nc2c(C)cccc2C)CCCCC1.[Y]. The van der Waals surface area contributed by atoms with Crippen LogP contribution >= 0.6 is 7.26 Å². The van der Waals surface area contributed by atoms with Crippen LogP contribution in [-0.2, 0) is 37.5 Å². The number of rotatable bonds is 4. The van der Waals surface area contributed by atoms with Gasteiger partial charge in [0.1, 0.15) is 6.16 Å². The van der Waals surface area contributed by atoms with E-state index in [-0.39, 0.29) is 38.6 Å². The Balaban J connectivity index is 0.00000220. The molecule has 1 radical (unpaired) electrons. The molecule has 1 aromatic carbocycles. The number of carbonyl (C=O) groups is 1. The molecule has 0 saturated carbocycles. The molecule has 2 rings (SSSR count). The Hall–Kier alpha value is 0.224. The fourth-order valence-electron chi connectivity index (χ4n) is 3.26. The van der Waals surface area contributed by atoms with E-state index >= 15 is 0 Å². The molecule has 1 aliphatic heterocycles. The zero-order chi connectivity index (χ0) is 14.6. The van der Waals surface area contributed by atoms with Gasteiger partial charge in [0.25, 0.3) is 5.91 Å². The van der Waals surface area contributed by atoms with Crippen LogP contribution in [0.1, 0.15) is 37.3 Å². The molecule has 1 fully saturated rings. The fourth-order valence-corrected chi connectivity index (χ4v) is 7.14. The number of anilines is 1. The van der Waals surface area contributed by atoms with Gasteiger partial charge in [0.15, 0.2) is 0 Å². The summed E-state index contributed by atoms with van der Waals surface area (Å²) in [7, 11) is -1.01. The van der Waals surface area contributed by atoms with E-state index in [1.807, 2.05) is 6.07 Å². The van der Waals surface area contributed by atoms with Crippen molar-refractivity contribution >= 4 is 18.9 Å². The van der Waals surface area contributed by atoms with Crippen LogP contribution in [0.5, 0.6) is 0 Å². The second-order valence-electron chi connectivity index (χ2n) is 6.14. The fraction of sp³-hybridized carbons (Fsp3) is 0.588. The Labute approximate surface area is 155 Å². The Bertz CT molecular complexity index is 463. The minimum Gasteiger partial charge on any atom is -0.322 e. The zero-order valence-corrected chi connectivity index (χ0v) is 17.3. The number of hydrogen-bond acceptors (Lipinski definition) is 1. The van der Waals surface area contributed by atoms with Crippen LogP contribution < -0.4 is 5.32 Å². The summed E-state index contributed by atoms with van der Waals surface area (Å²) in [6.45, 7) is 6.41. The van der Waals surface area contributed by atoms with Crippen LogP contribution in [-0.4, -0.2) is 30.6 Å². The average molecular weight is 381 g/mol. The topological polar surface area (TPSA) is 29.1 Å². The molecule has 2 nitrogen and oxygen atoms in total. The van der Waals surface area contributed by atoms with Gasteiger partial charge in [0, 0.05) is 45.7 Å². The molecule has 0 aromatic heterocycles. The minimum atomic E-state index is -1.01. The molecule has 0 bridgehead atoms. The number of para-hydroxylation sites is 1. The molecule has 1 saturated heterocycles. The molecule has 1 aromatic rings. The molecule has 21 heavy (non-hydrogen) atoms. The van der Waals surface area contributed by atoms with Gasteiger partial charge in [-0.05, 0) is 51.2 Å². The first-order valence-corrected chi connectivity index (χ1v) is 10.3. The molecule has 4 heteroatoms. The number of amides is 1. The molecule has 1 amide bonds. The van der Waals surface area contributed by atoms with Crippen LogP contribution in [0.2, 0.25) is 0 Å². The smallest absolute Gasteiger partial charge is 0.261 e. The molecule has 0 aliphatic carbocycles. The number of hydrogen-bond donors (Lipinski definition) is 1. The van der Waals surface area contributed by atoms with E-state index < -0.39 is 7.26 Å². The monoisotopic (exact) mass is 381 g/mol. The van der Waals surface area contributed by atoms with Crippen molar-refractivity contribution in [3.63, 3.8) is 0 Å². The van der Waals surface area contributed by atoms with Crippen LogP contribution in [0.3, 0.4) is 0 Å². The standard InChI is InChI=1S/C17H26NOP.Y/c1-4-20(11-6-5-7-12-20)13-16(19)18-17-14(2)9-8-10-15(17)3;/h8-10H,4-7,11-13H2,1-3H3;/p+1. The predicted octanol–water partition coefficient (Wildman–Crippen LogP) is 4.46. The van der Waals surface area contributed by atoms with Crippen molar-refractivity contribution < 1.29 is 37.5 Å². The Morgan fingerprint density at radius 2 is 1.71 bits per heavy atom. The Kier molecular flexibility index (Phi) is 8.03. The predicted molar refractivity (Wildman–Crippen MR) is 90.5 cm³/mol. The van der Waals surface area contributed by atoms with Crippen LogP contribution in [0.4, 0.5) is 5.69 Å². The van der Waals surface area contributed by atoms with Gasteiger partial charge in [-0.1, -0.05) is 18.2 Å². The molecule has 0 atom stereocenters. The molecule has 1 aliphatic rings. The van der Waals surface area contributed by atoms with Crippen molar-refractivity contribution in [1.82, 2.24) is 0 Å². The molecule has 1 N–H and O–H groups in total. The summed E-state index contributed by atoms with van der Waals surface area (Å²) < 4.78 is 0. The summed E-state index contributed by atoms with van der Waals surface area (Å²) in [5, 5.41) is 3.17. The van der Waals surface area contributed by atoms with Gasteiger partial charge in [-0.2, -0.15) is 0 Å². The largest absolute Gasteiger partial charge is 0.322 e. The first kappa shape index (κ1) is 19.3. The van der Waals surface area contributed by atoms with E-state index in [2.05, 4.69) is 38.2 Å². The van der Waals surface area contributed by atoms with E-state index in [4.69, 9.17) is 0 Å². The number of nitrogens with one attached hydrogen (secondary N) is 1. The van der Waals surface area contributed by atoms with Gasteiger partial charge in [-0.25, -0.2) is 0 Å². The molecule has 0 spiro atoms. The van der Waals surface area contributed by atoms with Crippen molar-refractivity contribution in [3.8, 4) is 0 Å². The molecule has 1 heterocycles. The third-order valence-corrected chi connectivity index (χ3v) is 9.49. The number of aryl methyl sites for hydroxylation is 2. The Morgan fingerprint density at radius 1 is 1.14 bits per heavy atom. The summed E-state index contributed by atoms with van der Waals surface area (Å²) in [5.74, 6) is 0.236. The van der Waals surface area contributed by atoms with E-state index in [1.165, 1.54) is 37.7 Å². The summed E-state index contributed by atoms with van der Waals surface area (Å²) in [4.78, 5) is 12.5. The van der Waals surface area contributed by atoms with E-state index in [1.54, 1.807) is 0 Å². The molecular formula is C17H27NOPY+. The maximum Gasteiger partial charge on any atom is 0.261 e. The Morgan fingerprint density at radius 3 is 2.24 bits per heavy atom. The van der Waals surface area contributed by atoms with Gasteiger partial charge in [0.05, 0.1) is 18.5 Å². The van der Waals surface area contributed by atoms with Crippen molar-refractivity contribution in [3.05, 3.63) is 29.3 Å². The summed E-state index contributed by atoms with van der Waals surface area (Å²) in [5.41, 5.74) is 3.33. The molecular weight excluding hydrogens is 354 g/mol. The number of carbonyl (C=O) groups excluding carboxylic acids is 1. The van der Waals surface area contributed by atoms with Gasteiger partial charge in [-0.3, -0.25) is 4.79 Å². The minimum absolute atomic E-state index is 0. The average Bonchev–Trinajstić information content (AvgIpc) is 2.44. The van der Waals surface area contributed by atoms with Crippen LogP contribution in [0.15, 0.2) is 18.2 Å². The molecule has 113 valence electrons. The van der Waals surface area contributed by atoms with Crippen molar-refractivity contribution in [2.24, 2.45) is 0 Å². The number of benzene rings is 1. The summed E-state index contributed by atoms with van der Waals surface area (Å²) in [6, 6.07) is 6.17. The first-order valence-electron chi connectivity index (χ1n) is 7.77. The van der Waals surface area contributed by atoms with Crippen LogP contribution in [0, 0.1) is 13.8 Å². The quantitative estimate of drug-likeness (QED) is 0.767. The third kappa shape index (κ3) is 5.12. The van der Waals surface area contributed by atoms with Gasteiger partial charge < -0.3 is 5.32 Å². The molecule has 0 unspecified atom stereocenters. The van der Waals surface area contributed by atoms with Gasteiger partial charge in [0.2, 0.25) is 0 Å². The summed E-state index contributed by atoms with van der Waals surface area (Å²) in [6.07, 6.45) is 8.69. The van der Waals surface area contributed by atoms with Gasteiger partial charge in [-0.15, -0.1) is 0 Å². The van der Waals surface area contributed by atoms with Crippen LogP contribution in [0.25, 0.3) is 0 Å². The van der Waals surface area contributed by atoms with E-state index in [0.29, 0.717) is 0 Å². The normalized spacial score (nSPS) is 16.9. The van der Waals surface area contributed by atoms with E-state index in [9.17, 15) is 4.79 Å². The maximum atomic E-state index is 12.5. The van der Waals surface area contributed by atoms with Crippen molar-refractivity contribution in [2.75, 3.05) is 30.0 Å². The van der Waals surface area contributed by atoms with Crippen molar-refractivity contribution in [2.45, 2.75) is 40.0 Å². The van der Waals surface area contributed by atoms with E-state index in [0.717, 1.165) is 23.0 Å². The first-order chi connectivity index (χ1) is 9.56.